The standard InChI is InChI=1S/C10H8ClFN2O4S3/c11-9-3-4-10(19-9)21(17,18)14-8-2-1-6(5-7(8)12)20(13,15)16/h1-5,14H,(H2,13,15,16). The van der Waals surface area contributed by atoms with Crippen molar-refractivity contribution in [2.45, 2.75) is 9.10 Å². The molecule has 0 fully saturated rings. The second-order valence-corrected chi connectivity index (χ2v) is 9.04. The molecule has 21 heavy (non-hydrogen) atoms. The van der Waals surface area contributed by atoms with Gasteiger partial charge in [-0.3, -0.25) is 4.72 Å². The van der Waals surface area contributed by atoms with Gasteiger partial charge in [-0.05, 0) is 30.3 Å². The van der Waals surface area contributed by atoms with Gasteiger partial charge in [0.15, 0.2) is 0 Å². The Kier molecular flexibility index (Phi) is 4.26. The topological polar surface area (TPSA) is 106 Å². The van der Waals surface area contributed by atoms with E-state index in [2.05, 4.69) is 0 Å². The molecule has 0 bridgehead atoms. The lowest BCUT2D eigenvalue weighted by Crippen LogP contribution is -2.15. The highest BCUT2D eigenvalue weighted by molar-refractivity contribution is 7.94. The Bertz CT molecular complexity index is 893. The number of halogens is 2. The third-order valence-electron chi connectivity index (χ3n) is 2.33. The first-order valence-corrected chi connectivity index (χ1v) is 9.42. The third kappa shape index (κ3) is 3.71. The smallest absolute Gasteiger partial charge is 0.271 e. The predicted molar refractivity (Wildman–Crippen MR) is 77.9 cm³/mol. The summed E-state index contributed by atoms with van der Waals surface area (Å²) < 4.78 is 62.0. The molecule has 0 atom stereocenters. The van der Waals surface area contributed by atoms with Gasteiger partial charge in [-0.15, -0.1) is 11.3 Å². The van der Waals surface area contributed by atoms with Crippen LogP contribution in [0.3, 0.4) is 0 Å². The molecule has 114 valence electrons. The Morgan fingerprint density at radius 2 is 1.81 bits per heavy atom. The highest BCUT2D eigenvalue weighted by Crippen LogP contribution is 2.28. The summed E-state index contributed by atoms with van der Waals surface area (Å²) in [6.45, 7) is 0. The Labute approximate surface area is 129 Å². The molecule has 0 aliphatic heterocycles. The fourth-order valence-electron chi connectivity index (χ4n) is 1.39. The van der Waals surface area contributed by atoms with Crippen LogP contribution in [0.4, 0.5) is 10.1 Å². The van der Waals surface area contributed by atoms with Gasteiger partial charge in [0.25, 0.3) is 10.0 Å². The van der Waals surface area contributed by atoms with Gasteiger partial charge in [0.1, 0.15) is 10.0 Å². The number of nitrogens with two attached hydrogens (primary N) is 1. The fraction of sp³-hybridized carbons (Fsp3) is 0. The van der Waals surface area contributed by atoms with Gasteiger partial charge in [0.2, 0.25) is 10.0 Å². The molecule has 0 aliphatic carbocycles. The van der Waals surface area contributed by atoms with Crippen LogP contribution in [0.2, 0.25) is 4.34 Å². The molecule has 6 nitrogen and oxygen atoms in total. The van der Waals surface area contributed by atoms with E-state index in [-0.39, 0.29) is 8.55 Å². The summed E-state index contributed by atoms with van der Waals surface area (Å²) in [5.41, 5.74) is -0.396. The molecule has 1 aromatic heterocycles. The first-order valence-electron chi connectivity index (χ1n) is 5.20. The Hall–Kier alpha value is -1.20. The first-order chi connectivity index (χ1) is 9.59. The van der Waals surface area contributed by atoms with Crippen LogP contribution in [0, 0.1) is 5.82 Å². The molecule has 1 aromatic carbocycles. The van der Waals surface area contributed by atoms with Gasteiger partial charge in [-0.2, -0.15) is 0 Å². The molecular formula is C10H8ClFN2O4S3. The van der Waals surface area contributed by atoms with Gasteiger partial charge in [-0.25, -0.2) is 26.4 Å². The minimum absolute atomic E-state index is 0.0950. The van der Waals surface area contributed by atoms with E-state index in [1.54, 1.807) is 0 Å². The molecule has 0 amide bonds. The summed E-state index contributed by atoms with van der Waals surface area (Å²) in [5.74, 6) is -1.06. The summed E-state index contributed by atoms with van der Waals surface area (Å²) in [4.78, 5) is -0.456. The average Bonchev–Trinajstić information content (AvgIpc) is 2.78. The second kappa shape index (κ2) is 5.54. The molecule has 0 radical (unpaired) electrons. The molecular weight excluding hydrogens is 363 g/mol. The number of nitrogens with one attached hydrogen (secondary N) is 1. The molecule has 0 aliphatic rings. The Balaban J connectivity index is 2.36. The molecule has 0 unspecified atom stereocenters. The van der Waals surface area contributed by atoms with E-state index in [0.29, 0.717) is 6.07 Å². The molecule has 0 saturated carbocycles. The van der Waals surface area contributed by atoms with E-state index in [1.165, 1.54) is 12.1 Å². The zero-order valence-electron chi connectivity index (χ0n) is 10.1. The number of benzene rings is 1. The number of sulfonamides is 2. The summed E-state index contributed by atoms with van der Waals surface area (Å²) in [7, 11) is -8.07. The van der Waals surface area contributed by atoms with Gasteiger partial charge in [0, 0.05) is 0 Å². The van der Waals surface area contributed by atoms with Crippen LogP contribution in [0.1, 0.15) is 0 Å². The highest BCUT2D eigenvalue weighted by Gasteiger charge is 2.19. The Morgan fingerprint density at radius 1 is 1.14 bits per heavy atom. The van der Waals surface area contributed by atoms with Crippen LogP contribution in [-0.4, -0.2) is 16.8 Å². The largest absolute Gasteiger partial charge is 0.276 e. The minimum Gasteiger partial charge on any atom is -0.276 e. The zero-order chi connectivity index (χ0) is 15.8. The van der Waals surface area contributed by atoms with Crippen molar-refractivity contribution in [3.63, 3.8) is 0 Å². The van der Waals surface area contributed by atoms with E-state index in [9.17, 15) is 21.2 Å². The number of hydrogen-bond acceptors (Lipinski definition) is 5. The lowest BCUT2D eigenvalue weighted by Gasteiger charge is -2.08. The lowest BCUT2D eigenvalue weighted by atomic mass is 10.3. The molecule has 2 aromatic rings. The number of rotatable bonds is 4. The maximum atomic E-state index is 13.8. The van der Waals surface area contributed by atoms with Crippen LogP contribution in [0.5, 0.6) is 0 Å². The van der Waals surface area contributed by atoms with Crippen LogP contribution in [0.15, 0.2) is 39.4 Å². The van der Waals surface area contributed by atoms with Crippen LogP contribution < -0.4 is 9.86 Å². The van der Waals surface area contributed by atoms with Crippen molar-refractivity contribution in [3.8, 4) is 0 Å². The van der Waals surface area contributed by atoms with E-state index in [1.807, 2.05) is 4.72 Å². The van der Waals surface area contributed by atoms with E-state index in [4.69, 9.17) is 16.7 Å². The molecule has 11 heteroatoms. The van der Waals surface area contributed by atoms with Gasteiger partial charge in [-0.1, -0.05) is 11.6 Å². The van der Waals surface area contributed by atoms with E-state index >= 15 is 0 Å². The van der Waals surface area contributed by atoms with E-state index in [0.717, 1.165) is 23.5 Å². The van der Waals surface area contributed by atoms with Crippen molar-refractivity contribution in [1.29, 1.82) is 0 Å². The number of hydrogen-bond donors (Lipinski definition) is 2. The first kappa shape index (κ1) is 16.2. The predicted octanol–water partition coefficient (Wildman–Crippen LogP) is 1.99. The molecule has 2 rings (SSSR count). The van der Waals surface area contributed by atoms with Gasteiger partial charge < -0.3 is 0 Å². The fourth-order valence-corrected chi connectivity index (χ4v) is 4.47. The van der Waals surface area contributed by atoms with Crippen LogP contribution in [-0.2, 0) is 20.0 Å². The number of primary sulfonamides is 1. The van der Waals surface area contributed by atoms with E-state index < -0.39 is 36.4 Å². The zero-order valence-corrected chi connectivity index (χ0v) is 13.3. The lowest BCUT2D eigenvalue weighted by molar-refractivity contribution is 0.592. The van der Waals surface area contributed by atoms with Gasteiger partial charge in [0.05, 0.1) is 14.9 Å². The SMILES string of the molecule is NS(=O)(=O)c1ccc(NS(=O)(=O)c2ccc(Cl)s2)c(F)c1. The average molecular weight is 371 g/mol. The number of thiophene rings is 1. The molecule has 1 heterocycles. The van der Waals surface area contributed by atoms with Crippen molar-refractivity contribution in [3.05, 3.63) is 40.5 Å². The van der Waals surface area contributed by atoms with Crippen molar-refractivity contribution in [2.24, 2.45) is 5.14 Å². The van der Waals surface area contributed by atoms with Crippen molar-refractivity contribution in [1.82, 2.24) is 0 Å². The summed E-state index contributed by atoms with van der Waals surface area (Å²) in [6, 6.07) is 5.27. The number of anilines is 1. The summed E-state index contributed by atoms with van der Waals surface area (Å²) >= 11 is 6.45. The van der Waals surface area contributed by atoms with Crippen molar-refractivity contribution < 1.29 is 21.2 Å². The van der Waals surface area contributed by atoms with Crippen LogP contribution in [0.25, 0.3) is 0 Å². The summed E-state index contributed by atoms with van der Waals surface area (Å²) in [6.07, 6.45) is 0. The summed E-state index contributed by atoms with van der Waals surface area (Å²) in [5, 5.41) is 4.85. The van der Waals surface area contributed by atoms with Crippen molar-refractivity contribution in [2.75, 3.05) is 4.72 Å². The molecule has 3 N–H and O–H groups in total. The van der Waals surface area contributed by atoms with Crippen molar-refractivity contribution >= 4 is 48.7 Å². The second-order valence-electron chi connectivity index (χ2n) is 3.85. The van der Waals surface area contributed by atoms with Crippen LogP contribution >= 0.6 is 22.9 Å². The maximum absolute atomic E-state index is 13.8. The quantitative estimate of drug-likeness (QED) is 0.858. The maximum Gasteiger partial charge on any atom is 0.271 e. The minimum atomic E-state index is -4.07. The monoisotopic (exact) mass is 370 g/mol. The molecule has 0 spiro atoms. The third-order valence-corrected chi connectivity index (χ3v) is 6.33. The Morgan fingerprint density at radius 3 is 2.29 bits per heavy atom. The normalized spacial score (nSPS) is 12.3. The highest BCUT2D eigenvalue weighted by atomic mass is 35.5. The molecule has 0 saturated heterocycles. The van der Waals surface area contributed by atoms with Gasteiger partial charge >= 0.3 is 0 Å².